The second-order valence-corrected chi connectivity index (χ2v) is 5.29. The number of alkyl halides is 3. The van der Waals surface area contributed by atoms with E-state index >= 15 is 0 Å². The van der Waals surface area contributed by atoms with E-state index in [0.717, 1.165) is 0 Å². The molecule has 0 N–H and O–H groups in total. The van der Waals surface area contributed by atoms with Gasteiger partial charge in [-0.05, 0) is 6.07 Å². The lowest BCUT2D eigenvalue weighted by atomic mass is 10.2. The van der Waals surface area contributed by atoms with Crippen molar-refractivity contribution in [3.05, 3.63) is 33.6 Å². The third-order valence-corrected chi connectivity index (χ3v) is 2.73. The van der Waals surface area contributed by atoms with Crippen molar-refractivity contribution in [2.45, 2.75) is 3.79 Å². The smallest absolute Gasteiger partial charge is 0.205 e. The van der Waals surface area contributed by atoms with E-state index in [9.17, 15) is 4.39 Å². The van der Waals surface area contributed by atoms with Crippen LogP contribution in [0.25, 0.3) is 0 Å². The molecule has 0 bridgehead atoms. The first kappa shape index (κ1) is 11.7. The number of hydrogen-bond acceptors (Lipinski definition) is 0. The Morgan fingerprint density at radius 1 is 1.08 bits per heavy atom. The van der Waals surface area contributed by atoms with Crippen LogP contribution in [0.1, 0.15) is 5.56 Å². The molecule has 0 atom stereocenters. The molecule has 1 aromatic rings. The van der Waals surface area contributed by atoms with Crippen molar-refractivity contribution < 1.29 is 4.39 Å². The molecule has 0 aliphatic carbocycles. The summed E-state index contributed by atoms with van der Waals surface area (Å²) in [6.45, 7) is 0. The van der Waals surface area contributed by atoms with E-state index < -0.39 is 9.61 Å². The van der Waals surface area contributed by atoms with Crippen LogP contribution in [-0.2, 0) is 3.79 Å². The molecule has 0 unspecified atom stereocenters. The van der Waals surface area contributed by atoms with Crippen molar-refractivity contribution >= 4 is 58.0 Å². The van der Waals surface area contributed by atoms with Gasteiger partial charge in [-0.15, -0.1) is 0 Å². The molecule has 0 saturated carbocycles. The molecular weight excluding hydrogens is 280 g/mol. The Kier molecular flexibility index (Phi) is 3.59. The second kappa shape index (κ2) is 4.00. The van der Waals surface area contributed by atoms with Crippen LogP contribution in [0.4, 0.5) is 4.39 Å². The highest BCUT2D eigenvalue weighted by Crippen LogP contribution is 2.42. The minimum atomic E-state index is -1.84. The third-order valence-electron chi connectivity index (χ3n) is 1.34. The summed E-state index contributed by atoms with van der Waals surface area (Å²) in [5.41, 5.74) is -0.119. The minimum absolute atomic E-state index is 0.0807. The Balaban J connectivity index is 3.35. The normalized spacial score (nSPS) is 11.8. The second-order valence-electron chi connectivity index (χ2n) is 2.22. The molecule has 0 amide bonds. The highest BCUT2D eigenvalue weighted by molar-refractivity contribution is 6.66. The Bertz CT molecular complexity index is 330. The lowest BCUT2D eigenvalue weighted by molar-refractivity contribution is 0.613. The summed E-state index contributed by atoms with van der Waals surface area (Å²) in [6.07, 6.45) is 0. The molecule has 0 aliphatic rings. The summed E-state index contributed by atoms with van der Waals surface area (Å²) in [5, 5.41) is -0.164. The van der Waals surface area contributed by atoms with Crippen LogP contribution in [-0.4, -0.2) is 0 Å². The molecule has 0 saturated heterocycles. The van der Waals surface area contributed by atoms with E-state index in [2.05, 4.69) is 0 Å². The van der Waals surface area contributed by atoms with Crippen molar-refractivity contribution in [3.8, 4) is 0 Å². The van der Waals surface area contributed by atoms with E-state index in [1.54, 1.807) is 0 Å². The fourth-order valence-corrected chi connectivity index (χ4v) is 1.49. The molecule has 1 rings (SSSR count). The van der Waals surface area contributed by atoms with Gasteiger partial charge in [0, 0.05) is 5.56 Å². The summed E-state index contributed by atoms with van der Waals surface area (Å²) < 4.78 is 11.5. The van der Waals surface area contributed by atoms with Crippen LogP contribution in [0.3, 0.4) is 0 Å². The van der Waals surface area contributed by atoms with Gasteiger partial charge in [-0.2, -0.15) is 0 Å². The van der Waals surface area contributed by atoms with Gasteiger partial charge < -0.3 is 0 Å². The fourth-order valence-electron chi connectivity index (χ4n) is 0.745. The monoisotopic (exact) mass is 280 g/mol. The number of hydrogen-bond donors (Lipinski definition) is 0. The molecule has 0 fully saturated rings. The van der Waals surface area contributed by atoms with Gasteiger partial charge in [-0.25, -0.2) is 4.39 Å². The zero-order chi connectivity index (χ0) is 10.2. The Hall–Kier alpha value is 0.600. The SMILES string of the molecule is Fc1c(C(Cl)(Cl)Cl)ccc(Cl)c1Cl. The van der Waals surface area contributed by atoms with Gasteiger partial charge in [-0.3, -0.25) is 0 Å². The van der Waals surface area contributed by atoms with E-state index in [4.69, 9.17) is 58.0 Å². The molecule has 13 heavy (non-hydrogen) atoms. The fraction of sp³-hybridized carbons (Fsp3) is 0.143. The molecule has 6 heteroatoms. The molecule has 72 valence electrons. The van der Waals surface area contributed by atoms with Crippen molar-refractivity contribution in [1.82, 2.24) is 0 Å². The summed E-state index contributed by atoms with van der Waals surface area (Å²) in [7, 11) is 0. The van der Waals surface area contributed by atoms with Crippen LogP contribution in [0, 0.1) is 5.82 Å². The maximum absolute atomic E-state index is 13.3. The summed E-state index contributed by atoms with van der Waals surface area (Å²) in [5.74, 6) is -0.811. The maximum atomic E-state index is 13.3. The number of halogens is 6. The first-order valence-electron chi connectivity index (χ1n) is 3.04. The topological polar surface area (TPSA) is 0 Å². The highest BCUT2D eigenvalue weighted by Gasteiger charge is 2.28. The van der Waals surface area contributed by atoms with E-state index in [1.807, 2.05) is 0 Å². The zero-order valence-corrected chi connectivity index (χ0v) is 9.70. The number of rotatable bonds is 0. The molecule has 0 radical (unpaired) electrons. The van der Waals surface area contributed by atoms with E-state index in [1.165, 1.54) is 12.1 Å². The summed E-state index contributed by atoms with van der Waals surface area (Å²) >= 11 is 27.5. The average Bonchev–Trinajstić information content (AvgIpc) is 1.98. The first-order valence-corrected chi connectivity index (χ1v) is 4.93. The van der Waals surface area contributed by atoms with Crippen LogP contribution < -0.4 is 0 Å². The van der Waals surface area contributed by atoms with E-state index in [-0.39, 0.29) is 15.6 Å². The third kappa shape index (κ3) is 2.54. The van der Waals surface area contributed by atoms with Crippen LogP contribution in [0.2, 0.25) is 10.0 Å². The summed E-state index contributed by atoms with van der Waals surface area (Å²) in [6, 6.07) is 2.64. The molecule has 0 aromatic heterocycles. The zero-order valence-electron chi connectivity index (χ0n) is 5.92. The van der Waals surface area contributed by atoms with Crippen molar-refractivity contribution in [1.29, 1.82) is 0 Å². The van der Waals surface area contributed by atoms with Gasteiger partial charge in [0.15, 0.2) is 5.82 Å². The van der Waals surface area contributed by atoms with Crippen LogP contribution in [0.5, 0.6) is 0 Å². The molecule has 0 spiro atoms. The van der Waals surface area contributed by atoms with Gasteiger partial charge >= 0.3 is 0 Å². The molecule has 0 nitrogen and oxygen atoms in total. The quantitative estimate of drug-likeness (QED) is 0.466. The molecule has 0 heterocycles. The van der Waals surface area contributed by atoms with Crippen LogP contribution >= 0.6 is 58.0 Å². The number of benzene rings is 1. The maximum Gasteiger partial charge on any atom is 0.218 e. The lowest BCUT2D eigenvalue weighted by Crippen LogP contribution is -2.04. The minimum Gasteiger partial charge on any atom is -0.205 e. The Labute approximate surface area is 99.5 Å². The van der Waals surface area contributed by atoms with E-state index in [0.29, 0.717) is 0 Å². The molecular formula is C7H2Cl5F. The largest absolute Gasteiger partial charge is 0.218 e. The van der Waals surface area contributed by atoms with Gasteiger partial charge in [0.1, 0.15) is 0 Å². The van der Waals surface area contributed by atoms with Gasteiger partial charge in [0.2, 0.25) is 3.79 Å². The van der Waals surface area contributed by atoms with Crippen molar-refractivity contribution in [3.63, 3.8) is 0 Å². The Morgan fingerprint density at radius 3 is 2.08 bits per heavy atom. The molecule has 1 aromatic carbocycles. The van der Waals surface area contributed by atoms with Gasteiger partial charge in [0.25, 0.3) is 0 Å². The predicted octanol–water partition coefficient (Wildman–Crippen LogP) is 4.96. The first-order chi connectivity index (χ1) is 5.84. The molecule has 0 aliphatic heterocycles. The van der Waals surface area contributed by atoms with Crippen molar-refractivity contribution in [2.24, 2.45) is 0 Å². The summed E-state index contributed by atoms with van der Waals surface area (Å²) in [4.78, 5) is 0. The van der Waals surface area contributed by atoms with Gasteiger partial charge in [-0.1, -0.05) is 64.1 Å². The Morgan fingerprint density at radius 2 is 1.62 bits per heavy atom. The average molecular weight is 282 g/mol. The highest BCUT2D eigenvalue weighted by atomic mass is 35.6. The standard InChI is InChI=1S/C7H2Cl5F/c8-4-2-1-3(7(10,11)12)6(13)5(4)9/h1-2H. The van der Waals surface area contributed by atoms with Crippen LogP contribution in [0.15, 0.2) is 12.1 Å². The van der Waals surface area contributed by atoms with Gasteiger partial charge in [0.05, 0.1) is 10.0 Å². The lowest BCUT2D eigenvalue weighted by Gasteiger charge is -2.13. The predicted molar refractivity (Wildman–Crippen MR) is 55.7 cm³/mol. The van der Waals surface area contributed by atoms with Crippen molar-refractivity contribution in [2.75, 3.05) is 0 Å².